The van der Waals surface area contributed by atoms with E-state index in [0.29, 0.717) is 10.2 Å². The van der Waals surface area contributed by atoms with E-state index in [1.807, 2.05) is 12.1 Å². The Bertz CT molecular complexity index is 922. The molecule has 3 aromatic rings. The number of amides is 2. The minimum absolute atomic E-state index is 0.0760. The molecule has 0 saturated carbocycles. The van der Waals surface area contributed by atoms with Crippen LogP contribution in [0.25, 0.3) is 5.69 Å². The number of rotatable bonds is 7. The molecule has 9 nitrogen and oxygen atoms in total. The molecule has 0 atom stereocenters. The summed E-state index contributed by atoms with van der Waals surface area (Å²) in [6.45, 7) is 0. The molecular formula is C15H14N6O3S2. The highest BCUT2D eigenvalue weighted by atomic mass is 32.2. The van der Waals surface area contributed by atoms with Crippen LogP contribution in [-0.4, -0.2) is 44.9 Å². The smallest absolute Gasteiger partial charge is 0.251 e. The Labute approximate surface area is 156 Å². The van der Waals surface area contributed by atoms with E-state index in [1.165, 1.54) is 27.8 Å². The number of ether oxygens (including phenoxy) is 1. The van der Waals surface area contributed by atoms with E-state index in [2.05, 4.69) is 20.8 Å². The third-order valence-corrected chi connectivity index (χ3v) is 5.02. The van der Waals surface area contributed by atoms with Crippen molar-refractivity contribution in [2.75, 3.05) is 18.2 Å². The standard InChI is InChI=1S/C15H14N6O3S2/c1-24-10-4-2-9(3-5-10)21-15(18-19-20-21)26-8-12(22)17-14-11(13(16)23)6-7-25-14/h2-7H,8H2,1H3,(H2,16,23)(H,17,22). The van der Waals surface area contributed by atoms with E-state index >= 15 is 0 Å². The fourth-order valence-corrected chi connectivity index (χ4v) is 3.55. The molecule has 0 unspecified atom stereocenters. The molecule has 0 aliphatic heterocycles. The summed E-state index contributed by atoms with van der Waals surface area (Å²) in [5, 5.41) is 16.8. The number of thioether (sulfide) groups is 1. The zero-order chi connectivity index (χ0) is 18.5. The molecule has 1 aromatic carbocycles. The summed E-state index contributed by atoms with van der Waals surface area (Å²) in [6.07, 6.45) is 0. The zero-order valence-electron chi connectivity index (χ0n) is 13.6. The molecule has 0 spiro atoms. The van der Waals surface area contributed by atoms with Gasteiger partial charge in [-0.25, -0.2) is 0 Å². The van der Waals surface area contributed by atoms with E-state index in [9.17, 15) is 9.59 Å². The van der Waals surface area contributed by atoms with Crippen molar-refractivity contribution in [2.45, 2.75) is 5.16 Å². The lowest BCUT2D eigenvalue weighted by Gasteiger charge is -2.06. The molecule has 0 fully saturated rings. The van der Waals surface area contributed by atoms with Gasteiger partial charge in [0.2, 0.25) is 11.1 Å². The monoisotopic (exact) mass is 390 g/mol. The van der Waals surface area contributed by atoms with Crippen LogP contribution in [0.2, 0.25) is 0 Å². The summed E-state index contributed by atoms with van der Waals surface area (Å²) in [6, 6.07) is 8.77. The highest BCUT2D eigenvalue weighted by Gasteiger charge is 2.15. The Morgan fingerprint density at radius 2 is 2.08 bits per heavy atom. The van der Waals surface area contributed by atoms with Gasteiger partial charge >= 0.3 is 0 Å². The van der Waals surface area contributed by atoms with Gasteiger partial charge in [0.1, 0.15) is 10.8 Å². The SMILES string of the molecule is COc1ccc(-n2nnnc2SCC(=O)Nc2sccc2C(N)=O)cc1. The van der Waals surface area contributed by atoms with Gasteiger partial charge in [0.15, 0.2) is 0 Å². The number of carbonyl (C=O) groups excluding carboxylic acids is 2. The average molecular weight is 390 g/mol. The molecule has 2 aromatic heterocycles. The van der Waals surface area contributed by atoms with Crippen LogP contribution in [0, 0.1) is 0 Å². The molecule has 3 N–H and O–H groups in total. The lowest BCUT2D eigenvalue weighted by Crippen LogP contribution is -2.18. The second kappa shape index (κ2) is 7.97. The number of methoxy groups -OCH3 is 1. The number of tetrazole rings is 1. The Balaban J connectivity index is 1.65. The summed E-state index contributed by atoms with van der Waals surface area (Å²) in [4.78, 5) is 23.4. The molecule has 3 rings (SSSR count). The molecule has 0 bridgehead atoms. The average Bonchev–Trinajstić information content (AvgIpc) is 3.29. The molecule has 0 aliphatic rings. The maximum absolute atomic E-state index is 12.1. The molecular weight excluding hydrogens is 376 g/mol. The number of carbonyl (C=O) groups is 2. The van der Waals surface area contributed by atoms with Gasteiger partial charge in [-0.15, -0.1) is 16.4 Å². The van der Waals surface area contributed by atoms with E-state index in [1.54, 1.807) is 30.7 Å². The Kier molecular flexibility index (Phi) is 5.49. The predicted octanol–water partition coefficient (Wildman–Crippen LogP) is 1.56. The lowest BCUT2D eigenvalue weighted by molar-refractivity contribution is -0.113. The van der Waals surface area contributed by atoms with Crippen LogP contribution in [0.4, 0.5) is 5.00 Å². The Hall–Kier alpha value is -2.92. The molecule has 0 saturated heterocycles. The highest BCUT2D eigenvalue weighted by Crippen LogP contribution is 2.24. The summed E-state index contributed by atoms with van der Waals surface area (Å²) in [5.41, 5.74) is 6.30. The number of hydrogen-bond acceptors (Lipinski definition) is 8. The maximum Gasteiger partial charge on any atom is 0.251 e. The first-order chi connectivity index (χ1) is 12.6. The minimum Gasteiger partial charge on any atom is -0.497 e. The number of hydrogen-bond donors (Lipinski definition) is 2. The van der Waals surface area contributed by atoms with Gasteiger partial charge in [-0.1, -0.05) is 11.8 Å². The Morgan fingerprint density at radius 1 is 1.31 bits per heavy atom. The van der Waals surface area contributed by atoms with Crippen LogP contribution in [0.15, 0.2) is 40.9 Å². The summed E-state index contributed by atoms with van der Waals surface area (Å²) in [7, 11) is 1.59. The van der Waals surface area contributed by atoms with Crippen LogP contribution in [0.1, 0.15) is 10.4 Å². The lowest BCUT2D eigenvalue weighted by atomic mass is 10.3. The number of primary amides is 1. The van der Waals surface area contributed by atoms with Gasteiger partial charge < -0.3 is 15.8 Å². The van der Waals surface area contributed by atoms with Crippen LogP contribution < -0.4 is 15.8 Å². The minimum atomic E-state index is -0.586. The van der Waals surface area contributed by atoms with Crippen molar-refractivity contribution < 1.29 is 14.3 Å². The van der Waals surface area contributed by atoms with Crippen molar-refractivity contribution in [3.63, 3.8) is 0 Å². The van der Waals surface area contributed by atoms with Crippen molar-refractivity contribution in [3.8, 4) is 11.4 Å². The summed E-state index contributed by atoms with van der Waals surface area (Å²) < 4.78 is 6.65. The second-order valence-corrected chi connectivity index (χ2v) is 6.79. The molecule has 2 heterocycles. The topological polar surface area (TPSA) is 125 Å². The van der Waals surface area contributed by atoms with Gasteiger partial charge in [0.25, 0.3) is 5.91 Å². The fraction of sp³-hybridized carbons (Fsp3) is 0.133. The molecule has 2 amide bonds. The zero-order valence-corrected chi connectivity index (χ0v) is 15.2. The normalized spacial score (nSPS) is 10.5. The van der Waals surface area contributed by atoms with Gasteiger partial charge in [-0.05, 0) is 46.1 Å². The van der Waals surface area contributed by atoms with E-state index < -0.39 is 5.91 Å². The van der Waals surface area contributed by atoms with Crippen molar-refractivity contribution in [1.29, 1.82) is 0 Å². The first kappa shape index (κ1) is 17.9. The van der Waals surface area contributed by atoms with Crippen molar-refractivity contribution in [3.05, 3.63) is 41.3 Å². The van der Waals surface area contributed by atoms with Gasteiger partial charge in [-0.2, -0.15) is 4.68 Å². The van der Waals surface area contributed by atoms with Crippen LogP contribution >= 0.6 is 23.1 Å². The summed E-state index contributed by atoms with van der Waals surface area (Å²) in [5.74, 6) is -0.0782. The van der Waals surface area contributed by atoms with E-state index in [-0.39, 0.29) is 17.2 Å². The van der Waals surface area contributed by atoms with Crippen LogP contribution in [-0.2, 0) is 4.79 Å². The van der Waals surface area contributed by atoms with Gasteiger partial charge in [-0.3, -0.25) is 9.59 Å². The van der Waals surface area contributed by atoms with Crippen LogP contribution in [0.3, 0.4) is 0 Å². The molecule has 134 valence electrons. The van der Waals surface area contributed by atoms with Crippen molar-refractivity contribution >= 4 is 39.9 Å². The molecule has 26 heavy (non-hydrogen) atoms. The highest BCUT2D eigenvalue weighted by molar-refractivity contribution is 7.99. The molecule has 0 aliphatic carbocycles. The number of benzene rings is 1. The first-order valence-corrected chi connectivity index (χ1v) is 9.17. The third kappa shape index (κ3) is 4.00. The second-order valence-electron chi connectivity index (χ2n) is 4.94. The number of nitrogens with one attached hydrogen (secondary N) is 1. The molecule has 0 radical (unpaired) electrons. The van der Waals surface area contributed by atoms with Gasteiger partial charge in [0, 0.05) is 0 Å². The number of nitrogens with two attached hydrogens (primary N) is 1. The first-order valence-electron chi connectivity index (χ1n) is 7.31. The fourth-order valence-electron chi connectivity index (χ4n) is 2.05. The summed E-state index contributed by atoms with van der Waals surface area (Å²) >= 11 is 2.41. The quantitative estimate of drug-likeness (QED) is 0.587. The van der Waals surface area contributed by atoms with Crippen molar-refractivity contribution in [2.24, 2.45) is 5.73 Å². The van der Waals surface area contributed by atoms with Gasteiger partial charge in [0.05, 0.1) is 24.1 Å². The molecule has 11 heteroatoms. The maximum atomic E-state index is 12.1. The van der Waals surface area contributed by atoms with Crippen LogP contribution in [0.5, 0.6) is 5.75 Å². The number of nitrogens with zero attached hydrogens (tertiary/aromatic N) is 4. The van der Waals surface area contributed by atoms with E-state index in [0.717, 1.165) is 11.4 Å². The largest absolute Gasteiger partial charge is 0.497 e. The van der Waals surface area contributed by atoms with E-state index in [4.69, 9.17) is 10.5 Å². The Morgan fingerprint density at radius 3 is 2.77 bits per heavy atom. The number of anilines is 1. The third-order valence-electron chi connectivity index (χ3n) is 3.27. The predicted molar refractivity (Wildman–Crippen MR) is 97.9 cm³/mol. The number of thiophene rings is 1. The van der Waals surface area contributed by atoms with Crippen molar-refractivity contribution in [1.82, 2.24) is 20.2 Å². The number of aromatic nitrogens is 4.